The highest BCUT2D eigenvalue weighted by Crippen LogP contribution is 2.46. The van der Waals surface area contributed by atoms with Gasteiger partial charge >= 0.3 is 0 Å². The molecular formula is C25H32N2O2S. The molecule has 160 valence electrons. The van der Waals surface area contributed by atoms with Crippen LogP contribution in [0.1, 0.15) is 78.5 Å². The second kappa shape index (κ2) is 9.60. The second-order valence-corrected chi connectivity index (χ2v) is 10.2. The number of aliphatic hydroxyl groups is 2. The summed E-state index contributed by atoms with van der Waals surface area (Å²) in [5, 5.41) is 32.1. The molecule has 2 aliphatic carbocycles. The zero-order valence-corrected chi connectivity index (χ0v) is 18.5. The van der Waals surface area contributed by atoms with Crippen LogP contribution >= 0.6 is 11.3 Å². The summed E-state index contributed by atoms with van der Waals surface area (Å²) in [6.07, 6.45) is 8.97. The number of nitrogens with zero attached hydrogens (tertiary/aromatic N) is 2. The van der Waals surface area contributed by atoms with Gasteiger partial charge in [0.2, 0.25) is 0 Å². The Morgan fingerprint density at radius 1 is 1.27 bits per heavy atom. The van der Waals surface area contributed by atoms with Gasteiger partial charge in [0.05, 0.1) is 29.2 Å². The summed E-state index contributed by atoms with van der Waals surface area (Å²) in [4.78, 5) is 5.83. The lowest BCUT2D eigenvalue weighted by atomic mass is 9.78. The van der Waals surface area contributed by atoms with E-state index in [4.69, 9.17) is 0 Å². The van der Waals surface area contributed by atoms with Crippen LogP contribution in [0, 0.1) is 29.1 Å². The summed E-state index contributed by atoms with van der Waals surface area (Å²) in [6, 6.07) is 10.6. The number of thiazole rings is 1. The van der Waals surface area contributed by atoms with E-state index in [0.717, 1.165) is 49.7 Å². The van der Waals surface area contributed by atoms with Crippen molar-refractivity contribution in [2.24, 2.45) is 17.8 Å². The molecule has 2 aliphatic rings. The maximum absolute atomic E-state index is 10.8. The standard InChI is InChI=1S/C25H32N2O2S/c1-2-20-15-27-23(30-20)8-4-7-21-19(14-26)13-22(28)24(21)16-9-11-18(12-10-16)25(29)17-5-3-6-17/h9-12,15,17,19,21-22,24-25,28-29H,2-8,13H2,1H3/t19-,21?,22+,24?,25?/m0/s1. The fourth-order valence-corrected chi connectivity index (χ4v) is 6.08. The number of hydrogen-bond donors (Lipinski definition) is 2. The minimum absolute atomic E-state index is 0.00737. The predicted octanol–water partition coefficient (Wildman–Crippen LogP) is 5.17. The van der Waals surface area contributed by atoms with Crippen molar-refractivity contribution in [3.8, 4) is 6.07 Å². The lowest BCUT2D eigenvalue weighted by Gasteiger charge is -2.31. The summed E-state index contributed by atoms with van der Waals surface area (Å²) in [6.45, 7) is 2.15. The lowest BCUT2D eigenvalue weighted by Crippen LogP contribution is -2.21. The molecule has 0 spiro atoms. The first-order valence-corrected chi connectivity index (χ1v) is 12.2. The SMILES string of the molecule is CCc1cnc(CCCC2C(c3ccc(C(O)C4CCC4)cc3)[C@H](O)C[C@H]2C#N)s1. The van der Waals surface area contributed by atoms with Crippen LogP contribution in [-0.4, -0.2) is 21.3 Å². The van der Waals surface area contributed by atoms with E-state index in [0.29, 0.717) is 12.3 Å². The molecule has 2 aromatic rings. The smallest absolute Gasteiger partial charge is 0.0927 e. The van der Waals surface area contributed by atoms with E-state index in [1.807, 2.05) is 18.3 Å². The third kappa shape index (κ3) is 4.46. The maximum atomic E-state index is 10.8. The number of aryl methyl sites for hydroxylation is 2. The Morgan fingerprint density at radius 3 is 2.63 bits per heavy atom. The summed E-state index contributed by atoms with van der Waals surface area (Å²) < 4.78 is 0. The summed E-state index contributed by atoms with van der Waals surface area (Å²) in [7, 11) is 0. The quantitative estimate of drug-likeness (QED) is 0.613. The van der Waals surface area contributed by atoms with Crippen molar-refractivity contribution in [3.63, 3.8) is 0 Å². The summed E-state index contributed by atoms with van der Waals surface area (Å²) >= 11 is 1.78. The van der Waals surface area contributed by atoms with E-state index in [-0.39, 0.29) is 23.9 Å². The molecule has 0 radical (unpaired) electrons. The van der Waals surface area contributed by atoms with Crippen LogP contribution in [-0.2, 0) is 12.8 Å². The lowest BCUT2D eigenvalue weighted by molar-refractivity contribution is 0.0620. The van der Waals surface area contributed by atoms with Crippen LogP contribution in [0.4, 0.5) is 0 Å². The average molecular weight is 425 g/mol. The molecule has 0 saturated heterocycles. The van der Waals surface area contributed by atoms with Gasteiger partial charge in [0, 0.05) is 17.0 Å². The van der Waals surface area contributed by atoms with E-state index in [1.54, 1.807) is 11.3 Å². The van der Waals surface area contributed by atoms with E-state index in [1.165, 1.54) is 16.3 Å². The Labute approximate surface area is 183 Å². The van der Waals surface area contributed by atoms with Gasteiger partial charge in [-0.1, -0.05) is 37.6 Å². The van der Waals surface area contributed by atoms with Gasteiger partial charge in [-0.3, -0.25) is 0 Å². The third-order valence-corrected chi connectivity index (χ3v) is 8.39. The van der Waals surface area contributed by atoms with E-state index in [2.05, 4.69) is 30.1 Å². The molecule has 3 unspecified atom stereocenters. The van der Waals surface area contributed by atoms with Gasteiger partial charge in [-0.15, -0.1) is 11.3 Å². The minimum Gasteiger partial charge on any atom is -0.392 e. The van der Waals surface area contributed by atoms with Crippen molar-refractivity contribution in [1.82, 2.24) is 4.98 Å². The van der Waals surface area contributed by atoms with Crippen LogP contribution in [0.3, 0.4) is 0 Å². The van der Waals surface area contributed by atoms with Gasteiger partial charge in [-0.05, 0) is 67.9 Å². The van der Waals surface area contributed by atoms with Crippen LogP contribution in [0.15, 0.2) is 30.5 Å². The fraction of sp³-hybridized carbons (Fsp3) is 0.600. The Morgan fingerprint density at radius 2 is 2.03 bits per heavy atom. The molecule has 0 bridgehead atoms. The zero-order chi connectivity index (χ0) is 21.1. The number of nitriles is 1. The second-order valence-electron chi connectivity index (χ2n) is 9.00. The first-order chi connectivity index (χ1) is 14.6. The van der Waals surface area contributed by atoms with Gasteiger partial charge in [-0.25, -0.2) is 4.98 Å². The number of aliphatic hydroxyl groups excluding tert-OH is 2. The van der Waals surface area contributed by atoms with Crippen LogP contribution < -0.4 is 0 Å². The van der Waals surface area contributed by atoms with Crippen molar-refractivity contribution >= 4 is 11.3 Å². The Kier molecular flexibility index (Phi) is 6.87. The zero-order valence-electron chi connectivity index (χ0n) is 17.7. The molecule has 2 fully saturated rings. The molecule has 1 aromatic heterocycles. The number of hydrogen-bond acceptors (Lipinski definition) is 5. The van der Waals surface area contributed by atoms with Gasteiger partial charge in [0.1, 0.15) is 0 Å². The summed E-state index contributed by atoms with van der Waals surface area (Å²) in [5.41, 5.74) is 2.07. The van der Waals surface area contributed by atoms with Gasteiger partial charge in [0.25, 0.3) is 0 Å². The first kappa shape index (κ1) is 21.5. The maximum Gasteiger partial charge on any atom is 0.0927 e. The Balaban J connectivity index is 1.43. The van der Waals surface area contributed by atoms with Crippen LogP contribution in [0.2, 0.25) is 0 Å². The minimum atomic E-state index is -0.478. The van der Waals surface area contributed by atoms with Crippen LogP contribution in [0.25, 0.3) is 0 Å². The third-order valence-electron chi connectivity index (χ3n) is 7.19. The van der Waals surface area contributed by atoms with Gasteiger partial charge in [0.15, 0.2) is 0 Å². The average Bonchev–Trinajstić information content (AvgIpc) is 3.30. The molecule has 5 atom stereocenters. The molecule has 1 heterocycles. The molecule has 4 rings (SSSR count). The fourth-order valence-electron chi connectivity index (χ4n) is 5.17. The van der Waals surface area contributed by atoms with Crippen LogP contribution in [0.5, 0.6) is 0 Å². The van der Waals surface area contributed by atoms with E-state index in [9.17, 15) is 15.5 Å². The highest BCUT2D eigenvalue weighted by atomic mass is 32.1. The largest absolute Gasteiger partial charge is 0.392 e. The van der Waals surface area contributed by atoms with Crippen molar-refractivity contribution in [2.45, 2.75) is 76.4 Å². The van der Waals surface area contributed by atoms with Crippen molar-refractivity contribution in [2.75, 3.05) is 0 Å². The molecule has 1 aromatic carbocycles. The highest BCUT2D eigenvalue weighted by Gasteiger charge is 2.43. The van der Waals surface area contributed by atoms with Gasteiger partial charge < -0.3 is 10.2 Å². The van der Waals surface area contributed by atoms with Crippen molar-refractivity contribution in [3.05, 3.63) is 51.5 Å². The Bertz CT molecular complexity index is 868. The molecule has 0 amide bonds. The van der Waals surface area contributed by atoms with Crippen molar-refractivity contribution in [1.29, 1.82) is 5.26 Å². The molecule has 30 heavy (non-hydrogen) atoms. The highest BCUT2D eigenvalue weighted by molar-refractivity contribution is 7.11. The summed E-state index contributed by atoms with van der Waals surface area (Å²) in [5.74, 6) is 0.445. The number of benzene rings is 1. The molecule has 4 nitrogen and oxygen atoms in total. The monoisotopic (exact) mass is 424 g/mol. The topological polar surface area (TPSA) is 77.1 Å². The van der Waals surface area contributed by atoms with E-state index >= 15 is 0 Å². The Hall–Kier alpha value is -1.74. The van der Waals surface area contributed by atoms with Crippen molar-refractivity contribution < 1.29 is 10.2 Å². The number of rotatable bonds is 8. The van der Waals surface area contributed by atoms with E-state index < -0.39 is 6.10 Å². The predicted molar refractivity (Wildman–Crippen MR) is 119 cm³/mol. The normalized spacial score (nSPS) is 27.5. The molecule has 2 N–H and O–H groups in total. The molecular weight excluding hydrogens is 392 g/mol. The first-order valence-electron chi connectivity index (χ1n) is 11.4. The molecule has 0 aliphatic heterocycles. The molecule has 2 saturated carbocycles. The molecule has 5 heteroatoms. The number of aromatic nitrogens is 1. The van der Waals surface area contributed by atoms with Gasteiger partial charge in [-0.2, -0.15) is 5.26 Å².